The summed E-state index contributed by atoms with van der Waals surface area (Å²) in [4.78, 5) is 25.4. The van der Waals surface area contributed by atoms with E-state index in [2.05, 4.69) is 21.4 Å². The lowest BCUT2D eigenvalue weighted by Crippen LogP contribution is -2.44. The summed E-state index contributed by atoms with van der Waals surface area (Å²) in [5.74, 6) is -0.139. The minimum atomic E-state index is -0.410. The molecular formula is C18H13BrN2O3S2. The quantitative estimate of drug-likeness (QED) is 0.565. The van der Waals surface area contributed by atoms with E-state index in [1.807, 2.05) is 24.3 Å². The van der Waals surface area contributed by atoms with E-state index in [4.69, 9.17) is 17.0 Å². The average molecular weight is 449 g/mol. The van der Waals surface area contributed by atoms with Crippen LogP contribution < -0.4 is 10.2 Å². The maximum atomic E-state index is 12.6. The second-order valence-electron chi connectivity index (χ2n) is 5.21. The number of methoxy groups -OCH3 is 1. The zero-order valence-corrected chi connectivity index (χ0v) is 16.8. The summed E-state index contributed by atoms with van der Waals surface area (Å²) in [5, 5.41) is 1.09. The number of nitrogens with zero attached hydrogens (tertiary/aromatic N) is 1. The number of para-hydroxylation sites is 1. The molecule has 2 amide bonds. The maximum absolute atomic E-state index is 12.6. The van der Waals surface area contributed by atoms with Gasteiger partial charge >= 0.3 is 0 Å². The number of thioether (sulfide) groups is 1. The van der Waals surface area contributed by atoms with Gasteiger partial charge in [-0.25, -0.2) is 0 Å². The van der Waals surface area contributed by atoms with Crippen molar-refractivity contribution in [2.24, 2.45) is 0 Å². The monoisotopic (exact) mass is 448 g/mol. The lowest BCUT2D eigenvalue weighted by molar-refractivity contribution is -0.123. The van der Waals surface area contributed by atoms with Gasteiger partial charge in [0.25, 0.3) is 11.8 Å². The summed E-state index contributed by atoms with van der Waals surface area (Å²) in [7, 11) is 1.57. The Balaban J connectivity index is 1.79. The number of carbonyl (C=O) groups excluding carboxylic acids is 2. The standard InChI is InChI=1S/C18H13BrN2O3S2/c1-24-14-5-3-2-4-12(14)10-15-17(23)21(18(25)26-15)20-16(22)11-6-8-13(19)9-7-11/h2-10H,1H3,(H,20,22)/b15-10-. The molecule has 0 aliphatic carbocycles. The van der Waals surface area contributed by atoms with E-state index in [9.17, 15) is 9.59 Å². The topological polar surface area (TPSA) is 58.6 Å². The third kappa shape index (κ3) is 3.98. The molecule has 1 aliphatic rings. The Morgan fingerprint density at radius 2 is 1.92 bits per heavy atom. The highest BCUT2D eigenvalue weighted by Crippen LogP contribution is 2.33. The van der Waals surface area contributed by atoms with E-state index in [0.717, 1.165) is 26.8 Å². The summed E-state index contributed by atoms with van der Waals surface area (Å²) >= 11 is 9.68. The first-order valence-corrected chi connectivity index (χ1v) is 9.49. The second kappa shape index (κ2) is 8.03. The number of carbonyl (C=O) groups is 2. The normalized spacial score (nSPS) is 15.5. The van der Waals surface area contributed by atoms with E-state index in [1.165, 1.54) is 0 Å². The number of nitrogens with one attached hydrogen (secondary N) is 1. The Labute approximate surface area is 168 Å². The number of hydrogen-bond donors (Lipinski definition) is 1. The van der Waals surface area contributed by atoms with Crippen LogP contribution in [0.5, 0.6) is 5.75 Å². The van der Waals surface area contributed by atoms with Gasteiger partial charge in [-0.15, -0.1) is 0 Å². The minimum absolute atomic E-state index is 0.265. The van der Waals surface area contributed by atoms with Crippen molar-refractivity contribution >= 4 is 62.1 Å². The van der Waals surface area contributed by atoms with Crippen LogP contribution in [0.2, 0.25) is 0 Å². The van der Waals surface area contributed by atoms with Crippen LogP contribution in [0.15, 0.2) is 57.9 Å². The van der Waals surface area contributed by atoms with E-state index < -0.39 is 5.91 Å². The molecule has 1 aliphatic heterocycles. The lowest BCUT2D eigenvalue weighted by Gasteiger charge is -2.15. The van der Waals surface area contributed by atoms with Gasteiger partial charge in [-0.3, -0.25) is 15.0 Å². The van der Waals surface area contributed by atoms with Crippen molar-refractivity contribution in [1.29, 1.82) is 0 Å². The molecule has 26 heavy (non-hydrogen) atoms. The van der Waals surface area contributed by atoms with Gasteiger partial charge in [0, 0.05) is 15.6 Å². The average Bonchev–Trinajstić information content (AvgIpc) is 2.90. The number of benzene rings is 2. The highest BCUT2D eigenvalue weighted by Gasteiger charge is 2.34. The Hall–Kier alpha value is -2.16. The molecule has 0 unspecified atom stereocenters. The van der Waals surface area contributed by atoms with Crippen molar-refractivity contribution < 1.29 is 14.3 Å². The van der Waals surface area contributed by atoms with E-state index in [0.29, 0.717) is 16.2 Å². The molecule has 0 aromatic heterocycles. The molecule has 1 N–H and O–H groups in total. The molecule has 1 saturated heterocycles. The minimum Gasteiger partial charge on any atom is -0.496 e. The van der Waals surface area contributed by atoms with Crippen LogP contribution in [0.4, 0.5) is 0 Å². The summed E-state index contributed by atoms with van der Waals surface area (Å²) in [6, 6.07) is 14.2. The van der Waals surface area contributed by atoms with Crippen molar-refractivity contribution in [2.75, 3.05) is 7.11 Å². The Bertz CT molecular complexity index is 913. The van der Waals surface area contributed by atoms with Crippen LogP contribution in [-0.2, 0) is 4.79 Å². The van der Waals surface area contributed by atoms with Gasteiger partial charge in [-0.2, -0.15) is 5.01 Å². The molecule has 5 nitrogen and oxygen atoms in total. The van der Waals surface area contributed by atoms with Gasteiger partial charge < -0.3 is 4.74 Å². The number of amides is 2. The van der Waals surface area contributed by atoms with Crippen molar-refractivity contribution in [3.63, 3.8) is 0 Å². The van der Waals surface area contributed by atoms with E-state index >= 15 is 0 Å². The number of rotatable bonds is 4. The summed E-state index contributed by atoms with van der Waals surface area (Å²) in [6.07, 6.45) is 1.70. The largest absolute Gasteiger partial charge is 0.496 e. The molecule has 2 aromatic carbocycles. The van der Waals surface area contributed by atoms with E-state index in [1.54, 1.807) is 37.5 Å². The molecular weight excluding hydrogens is 436 g/mol. The molecule has 0 radical (unpaired) electrons. The van der Waals surface area contributed by atoms with Gasteiger partial charge in [0.05, 0.1) is 12.0 Å². The second-order valence-corrected chi connectivity index (χ2v) is 7.80. The third-order valence-corrected chi connectivity index (χ3v) is 5.37. The molecule has 1 fully saturated rings. The first kappa shape index (κ1) is 18.6. The molecule has 0 spiro atoms. The number of thiocarbonyl (C=S) groups is 1. The number of halogens is 1. The lowest BCUT2D eigenvalue weighted by atomic mass is 10.2. The van der Waals surface area contributed by atoms with Crippen LogP contribution in [0.3, 0.4) is 0 Å². The molecule has 132 valence electrons. The highest BCUT2D eigenvalue weighted by molar-refractivity contribution is 9.10. The number of ether oxygens (including phenoxy) is 1. The molecule has 2 aromatic rings. The van der Waals surface area contributed by atoms with Crippen molar-refractivity contribution in [3.05, 3.63) is 69.0 Å². The zero-order chi connectivity index (χ0) is 18.7. The first-order chi connectivity index (χ1) is 12.5. The Kier molecular flexibility index (Phi) is 5.75. The van der Waals surface area contributed by atoms with Crippen molar-refractivity contribution in [1.82, 2.24) is 10.4 Å². The van der Waals surface area contributed by atoms with Crippen LogP contribution in [-0.4, -0.2) is 28.3 Å². The smallest absolute Gasteiger partial charge is 0.285 e. The summed E-state index contributed by atoms with van der Waals surface area (Å²) in [5.41, 5.74) is 3.74. The molecule has 8 heteroatoms. The maximum Gasteiger partial charge on any atom is 0.285 e. The summed E-state index contributed by atoms with van der Waals surface area (Å²) < 4.78 is 6.42. The molecule has 0 bridgehead atoms. The van der Waals surface area contributed by atoms with Crippen LogP contribution >= 0.6 is 39.9 Å². The van der Waals surface area contributed by atoms with Gasteiger partial charge in [-0.1, -0.05) is 45.9 Å². The van der Waals surface area contributed by atoms with Gasteiger partial charge in [0.2, 0.25) is 0 Å². The Morgan fingerprint density at radius 3 is 2.62 bits per heavy atom. The molecule has 0 saturated carbocycles. The first-order valence-electron chi connectivity index (χ1n) is 7.47. The van der Waals surface area contributed by atoms with E-state index in [-0.39, 0.29) is 10.2 Å². The SMILES string of the molecule is COc1ccccc1/C=C1\SC(=S)N(NC(=O)c2ccc(Br)cc2)C1=O. The molecule has 3 rings (SSSR count). The zero-order valence-electron chi connectivity index (χ0n) is 13.6. The fourth-order valence-electron chi connectivity index (χ4n) is 2.26. The fraction of sp³-hybridized carbons (Fsp3) is 0.0556. The number of hydrazine groups is 1. The van der Waals surface area contributed by atoms with Crippen molar-refractivity contribution in [3.8, 4) is 5.75 Å². The van der Waals surface area contributed by atoms with Crippen LogP contribution in [0, 0.1) is 0 Å². The molecule has 0 atom stereocenters. The third-order valence-electron chi connectivity index (χ3n) is 3.54. The number of hydrogen-bond acceptors (Lipinski definition) is 5. The van der Waals surface area contributed by atoms with Crippen LogP contribution in [0.25, 0.3) is 6.08 Å². The van der Waals surface area contributed by atoms with Gasteiger partial charge in [0.1, 0.15) is 5.75 Å². The highest BCUT2D eigenvalue weighted by atomic mass is 79.9. The predicted octanol–water partition coefficient (Wildman–Crippen LogP) is 4.00. The molecule has 1 heterocycles. The van der Waals surface area contributed by atoms with Gasteiger partial charge in [-0.05, 0) is 48.6 Å². The van der Waals surface area contributed by atoms with Gasteiger partial charge in [0.15, 0.2) is 4.32 Å². The summed E-state index contributed by atoms with van der Waals surface area (Å²) in [6.45, 7) is 0. The fourth-order valence-corrected chi connectivity index (χ4v) is 3.69. The van der Waals surface area contributed by atoms with Crippen LogP contribution in [0.1, 0.15) is 15.9 Å². The predicted molar refractivity (Wildman–Crippen MR) is 110 cm³/mol. The van der Waals surface area contributed by atoms with Crippen molar-refractivity contribution in [2.45, 2.75) is 0 Å². The Morgan fingerprint density at radius 1 is 1.23 bits per heavy atom.